The zero-order valence-electron chi connectivity index (χ0n) is 10.4. The van der Waals surface area contributed by atoms with Crippen LogP contribution in [0.3, 0.4) is 0 Å². The molecule has 0 aromatic rings. The van der Waals surface area contributed by atoms with Crippen molar-refractivity contribution < 1.29 is 14.7 Å². The Bertz CT molecular complexity index is 414. The van der Waals surface area contributed by atoms with Crippen molar-refractivity contribution in [3.05, 3.63) is 23.8 Å². The van der Waals surface area contributed by atoms with Crippen LogP contribution in [-0.4, -0.2) is 41.1 Å². The van der Waals surface area contributed by atoms with Crippen molar-refractivity contribution in [3.8, 4) is 0 Å². The number of urea groups is 1. The van der Waals surface area contributed by atoms with Crippen LogP contribution in [0.15, 0.2) is 23.8 Å². The Hall–Kier alpha value is -1.78. The number of carboxylic acid groups (broad SMARTS) is 1. The van der Waals surface area contributed by atoms with E-state index in [1.165, 1.54) is 5.57 Å². The first kappa shape index (κ1) is 12.7. The fraction of sp³-hybridized carbons (Fsp3) is 0.538. The topological polar surface area (TPSA) is 69.6 Å². The van der Waals surface area contributed by atoms with Gasteiger partial charge in [0, 0.05) is 13.1 Å². The lowest BCUT2D eigenvalue weighted by molar-refractivity contribution is -0.140. The number of nitrogens with one attached hydrogen (secondary N) is 1. The molecule has 18 heavy (non-hydrogen) atoms. The highest BCUT2D eigenvalue weighted by atomic mass is 16.4. The van der Waals surface area contributed by atoms with E-state index in [9.17, 15) is 9.59 Å². The van der Waals surface area contributed by atoms with Gasteiger partial charge in [-0.1, -0.05) is 23.8 Å². The predicted molar refractivity (Wildman–Crippen MR) is 67.1 cm³/mol. The lowest BCUT2D eigenvalue weighted by Crippen LogP contribution is -2.45. The summed E-state index contributed by atoms with van der Waals surface area (Å²) >= 11 is 0. The van der Waals surface area contributed by atoms with E-state index < -0.39 is 11.9 Å². The maximum Gasteiger partial charge on any atom is 0.318 e. The summed E-state index contributed by atoms with van der Waals surface area (Å²) < 4.78 is 0. The third-order valence-electron chi connectivity index (χ3n) is 3.43. The van der Waals surface area contributed by atoms with Crippen LogP contribution in [0, 0.1) is 5.92 Å². The molecule has 2 N–H and O–H groups in total. The standard InChI is InChI=1S/C13H18N2O3/c1-9-4-6-15(7-5-9)13(18)14-11-3-2-10(8-11)12(16)17/h2-4,10-11H,5-8H2,1H3,(H,14,18)(H,16,17). The molecule has 2 atom stereocenters. The van der Waals surface area contributed by atoms with Crippen molar-refractivity contribution in [1.29, 1.82) is 0 Å². The van der Waals surface area contributed by atoms with Gasteiger partial charge in [0.25, 0.3) is 0 Å². The van der Waals surface area contributed by atoms with Crippen LogP contribution in [0.2, 0.25) is 0 Å². The number of rotatable bonds is 2. The molecule has 1 aliphatic heterocycles. The number of carboxylic acids is 1. The van der Waals surface area contributed by atoms with E-state index in [0.717, 1.165) is 13.0 Å². The molecule has 0 fully saturated rings. The van der Waals surface area contributed by atoms with E-state index in [0.29, 0.717) is 13.0 Å². The Morgan fingerprint density at radius 1 is 1.44 bits per heavy atom. The fourth-order valence-corrected chi connectivity index (χ4v) is 2.19. The van der Waals surface area contributed by atoms with Crippen molar-refractivity contribution in [3.63, 3.8) is 0 Å². The Labute approximate surface area is 106 Å². The summed E-state index contributed by atoms with van der Waals surface area (Å²) in [6.45, 7) is 3.43. The first-order valence-electron chi connectivity index (χ1n) is 6.18. The summed E-state index contributed by atoms with van der Waals surface area (Å²) in [5.41, 5.74) is 1.31. The van der Waals surface area contributed by atoms with E-state index in [4.69, 9.17) is 5.11 Å². The molecule has 98 valence electrons. The number of amides is 2. The molecule has 1 heterocycles. The van der Waals surface area contributed by atoms with Crippen LogP contribution in [-0.2, 0) is 4.79 Å². The van der Waals surface area contributed by atoms with E-state index in [1.807, 2.05) is 6.08 Å². The summed E-state index contributed by atoms with van der Waals surface area (Å²) in [6, 6.07) is -0.273. The second-order valence-corrected chi connectivity index (χ2v) is 4.87. The second kappa shape index (κ2) is 5.25. The predicted octanol–water partition coefficient (Wildman–Crippen LogP) is 1.38. The Morgan fingerprint density at radius 2 is 2.22 bits per heavy atom. The van der Waals surface area contributed by atoms with Gasteiger partial charge in [-0.2, -0.15) is 0 Å². The van der Waals surface area contributed by atoms with Crippen LogP contribution in [0.1, 0.15) is 19.8 Å². The van der Waals surface area contributed by atoms with E-state index in [1.54, 1.807) is 17.1 Å². The zero-order valence-corrected chi connectivity index (χ0v) is 10.4. The van der Waals surface area contributed by atoms with Crippen LogP contribution in [0.25, 0.3) is 0 Å². The fourth-order valence-electron chi connectivity index (χ4n) is 2.19. The minimum absolute atomic E-state index is 0.112. The number of carbonyl (C=O) groups is 2. The minimum Gasteiger partial charge on any atom is -0.481 e. The third-order valence-corrected chi connectivity index (χ3v) is 3.43. The van der Waals surface area contributed by atoms with Gasteiger partial charge in [0.2, 0.25) is 0 Å². The average Bonchev–Trinajstić information content (AvgIpc) is 2.78. The van der Waals surface area contributed by atoms with E-state index >= 15 is 0 Å². The maximum absolute atomic E-state index is 11.9. The molecule has 2 aliphatic rings. The quantitative estimate of drug-likeness (QED) is 0.727. The molecule has 0 aromatic heterocycles. The molecule has 5 nitrogen and oxygen atoms in total. The number of hydrogen-bond acceptors (Lipinski definition) is 2. The van der Waals surface area contributed by atoms with Crippen molar-refractivity contribution in [2.75, 3.05) is 13.1 Å². The molecule has 2 rings (SSSR count). The van der Waals surface area contributed by atoms with Gasteiger partial charge >= 0.3 is 12.0 Å². The average molecular weight is 250 g/mol. The Morgan fingerprint density at radius 3 is 2.78 bits per heavy atom. The Balaban J connectivity index is 1.83. The summed E-state index contributed by atoms with van der Waals surface area (Å²) in [6.07, 6.45) is 6.82. The molecule has 0 radical (unpaired) electrons. The van der Waals surface area contributed by atoms with Gasteiger partial charge in [0.1, 0.15) is 0 Å². The normalized spacial score (nSPS) is 26.9. The van der Waals surface area contributed by atoms with Crippen molar-refractivity contribution in [1.82, 2.24) is 10.2 Å². The summed E-state index contributed by atoms with van der Waals surface area (Å²) in [7, 11) is 0. The summed E-state index contributed by atoms with van der Waals surface area (Å²) in [4.78, 5) is 24.5. The van der Waals surface area contributed by atoms with Crippen LogP contribution < -0.4 is 5.32 Å². The van der Waals surface area contributed by atoms with Gasteiger partial charge in [-0.05, 0) is 19.8 Å². The largest absolute Gasteiger partial charge is 0.481 e. The summed E-state index contributed by atoms with van der Waals surface area (Å²) in [5.74, 6) is -1.31. The van der Waals surface area contributed by atoms with Crippen molar-refractivity contribution in [2.45, 2.75) is 25.8 Å². The molecule has 2 amide bonds. The van der Waals surface area contributed by atoms with Gasteiger partial charge in [0.15, 0.2) is 0 Å². The zero-order chi connectivity index (χ0) is 13.1. The third kappa shape index (κ3) is 2.91. The van der Waals surface area contributed by atoms with E-state index in [2.05, 4.69) is 12.2 Å². The highest BCUT2D eigenvalue weighted by Crippen LogP contribution is 2.18. The molecule has 2 unspecified atom stereocenters. The lowest BCUT2D eigenvalue weighted by Gasteiger charge is -2.27. The number of hydrogen-bond donors (Lipinski definition) is 2. The van der Waals surface area contributed by atoms with Gasteiger partial charge in [-0.15, -0.1) is 0 Å². The monoisotopic (exact) mass is 250 g/mol. The summed E-state index contributed by atoms with van der Waals surface area (Å²) in [5, 5.41) is 11.7. The minimum atomic E-state index is -0.834. The van der Waals surface area contributed by atoms with Crippen molar-refractivity contribution in [2.24, 2.45) is 5.92 Å². The SMILES string of the molecule is CC1=CCN(C(=O)NC2C=CC(C(=O)O)C2)CC1. The van der Waals surface area contributed by atoms with E-state index in [-0.39, 0.29) is 12.1 Å². The van der Waals surface area contributed by atoms with Crippen LogP contribution in [0.4, 0.5) is 4.79 Å². The number of nitrogens with zero attached hydrogens (tertiary/aromatic N) is 1. The molecule has 5 heteroatoms. The molecule has 1 aliphatic carbocycles. The highest BCUT2D eigenvalue weighted by Gasteiger charge is 2.26. The first-order chi connectivity index (χ1) is 8.56. The van der Waals surface area contributed by atoms with Crippen LogP contribution in [0.5, 0.6) is 0 Å². The number of carbonyl (C=O) groups excluding carboxylic acids is 1. The molecule has 0 spiro atoms. The lowest BCUT2D eigenvalue weighted by atomic mass is 10.1. The van der Waals surface area contributed by atoms with Gasteiger partial charge < -0.3 is 15.3 Å². The molecular formula is C13H18N2O3. The van der Waals surface area contributed by atoms with Crippen LogP contribution >= 0.6 is 0 Å². The van der Waals surface area contributed by atoms with Gasteiger partial charge in [-0.25, -0.2) is 4.79 Å². The highest BCUT2D eigenvalue weighted by molar-refractivity contribution is 5.76. The molecular weight excluding hydrogens is 232 g/mol. The maximum atomic E-state index is 11.9. The van der Waals surface area contributed by atoms with Crippen molar-refractivity contribution >= 4 is 12.0 Å². The molecule has 0 aromatic carbocycles. The smallest absolute Gasteiger partial charge is 0.318 e. The molecule has 0 bridgehead atoms. The Kier molecular flexibility index (Phi) is 3.69. The molecule has 0 saturated carbocycles. The number of aliphatic carboxylic acids is 1. The van der Waals surface area contributed by atoms with Gasteiger partial charge in [0.05, 0.1) is 12.0 Å². The molecule has 0 saturated heterocycles. The first-order valence-corrected chi connectivity index (χ1v) is 6.18. The second-order valence-electron chi connectivity index (χ2n) is 4.87. The van der Waals surface area contributed by atoms with Gasteiger partial charge in [-0.3, -0.25) is 4.79 Å².